The van der Waals surface area contributed by atoms with Gasteiger partial charge in [0.05, 0.1) is 16.1 Å². The Morgan fingerprint density at radius 1 is 0.519 bits per heavy atom. The minimum atomic E-state index is -0.651. The van der Waals surface area contributed by atoms with Gasteiger partial charge in [-0.25, -0.2) is 9.78 Å². The SMILES string of the molecule is CN(C)c1ccc(-c2cc3cc(OCCCCCN(CCSC(c4ccccc4)(c4ccccc4)c4ccccc4)CCN(CCSC(c4ccccc4)(c4ccccc4)c4ccccc4)C(=O)OC(C)(C)C)ccc3o2)cn1. The van der Waals surface area contributed by atoms with Crippen LogP contribution in [0.25, 0.3) is 22.3 Å². The summed E-state index contributed by atoms with van der Waals surface area (Å²) in [7, 11) is 3.97. The Hall–Kier alpha value is -7.24. The number of hydrogen-bond acceptors (Lipinski definition) is 9. The van der Waals surface area contributed by atoms with Crippen molar-refractivity contribution in [2.75, 3.05) is 69.8 Å². The lowest BCUT2D eigenvalue weighted by Gasteiger charge is -2.37. The van der Waals surface area contributed by atoms with E-state index in [1.54, 1.807) is 0 Å². The summed E-state index contributed by atoms with van der Waals surface area (Å²) in [6.45, 7) is 9.89. The molecule has 0 atom stereocenters. The number of hydrogen-bond donors (Lipinski definition) is 0. The number of nitrogens with zero attached hydrogens (tertiary/aromatic N) is 4. The predicted octanol–water partition coefficient (Wildman–Crippen LogP) is 16.1. The summed E-state index contributed by atoms with van der Waals surface area (Å²) >= 11 is 3.85. The Bertz CT molecular complexity index is 3060. The fraction of sp³-hybridized carbons (Fsp3) is 0.275. The number of benzene rings is 7. The molecule has 7 aromatic carbocycles. The van der Waals surface area contributed by atoms with E-state index in [0.717, 1.165) is 72.0 Å². The molecule has 10 heteroatoms. The summed E-state index contributed by atoms with van der Waals surface area (Å²) in [6.07, 6.45) is 4.45. The Morgan fingerprint density at radius 2 is 1.00 bits per heavy atom. The Labute approximate surface area is 477 Å². The van der Waals surface area contributed by atoms with Crippen LogP contribution in [0, 0.1) is 0 Å². The number of pyridine rings is 1. The maximum atomic E-state index is 14.4. The van der Waals surface area contributed by atoms with E-state index in [2.05, 4.69) is 204 Å². The van der Waals surface area contributed by atoms with Gasteiger partial charge in [-0.3, -0.25) is 0 Å². The number of amides is 1. The molecule has 406 valence electrons. The molecule has 0 unspecified atom stereocenters. The highest BCUT2D eigenvalue weighted by molar-refractivity contribution is 8.00. The van der Waals surface area contributed by atoms with Gasteiger partial charge in [0, 0.05) is 68.9 Å². The van der Waals surface area contributed by atoms with Crippen molar-refractivity contribution in [1.29, 1.82) is 0 Å². The van der Waals surface area contributed by atoms with Gasteiger partial charge in [-0.2, -0.15) is 0 Å². The molecule has 9 rings (SSSR count). The van der Waals surface area contributed by atoms with Gasteiger partial charge in [-0.15, -0.1) is 23.5 Å². The number of fused-ring (bicyclic) bond motifs is 1. The van der Waals surface area contributed by atoms with Crippen LogP contribution in [0.5, 0.6) is 5.75 Å². The first-order valence-corrected chi connectivity index (χ1v) is 29.6. The molecule has 1 amide bonds. The van der Waals surface area contributed by atoms with Crippen LogP contribution in [0.1, 0.15) is 73.4 Å². The molecule has 0 radical (unpaired) electrons. The Morgan fingerprint density at radius 3 is 1.44 bits per heavy atom. The third-order valence-corrected chi connectivity index (χ3v) is 17.2. The van der Waals surface area contributed by atoms with E-state index in [-0.39, 0.29) is 6.09 Å². The van der Waals surface area contributed by atoms with Crippen LogP contribution in [0.2, 0.25) is 0 Å². The second-order valence-corrected chi connectivity index (χ2v) is 23.7. The van der Waals surface area contributed by atoms with Crippen LogP contribution in [-0.4, -0.2) is 91.4 Å². The van der Waals surface area contributed by atoms with Crippen molar-refractivity contribution in [2.45, 2.75) is 55.1 Å². The Balaban J connectivity index is 0.924. The van der Waals surface area contributed by atoms with E-state index in [1.807, 2.05) is 98.7 Å². The van der Waals surface area contributed by atoms with Crippen LogP contribution in [0.4, 0.5) is 10.6 Å². The fourth-order valence-corrected chi connectivity index (χ4v) is 13.3. The summed E-state index contributed by atoms with van der Waals surface area (Å²) in [5, 5.41) is 0.996. The van der Waals surface area contributed by atoms with Crippen LogP contribution in [0.15, 0.2) is 229 Å². The normalized spacial score (nSPS) is 11.9. The van der Waals surface area contributed by atoms with Gasteiger partial charge >= 0.3 is 6.09 Å². The predicted molar refractivity (Wildman–Crippen MR) is 331 cm³/mol. The highest BCUT2D eigenvalue weighted by Gasteiger charge is 2.39. The number of rotatable bonds is 26. The van der Waals surface area contributed by atoms with Crippen molar-refractivity contribution >= 4 is 46.4 Å². The average Bonchev–Trinajstić information content (AvgIpc) is 4.02. The number of carbonyl (C=O) groups excluding carboxylic acids is 1. The minimum Gasteiger partial charge on any atom is -0.494 e. The van der Waals surface area contributed by atoms with E-state index >= 15 is 0 Å². The zero-order valence-electron chi connectivity index (χ0n) is 46.4. The Kier molecular flexibility index (Phi) is 19.4. The van der Waals surface area contributed by atoms with Gasteiger partial charge < -0.3 is 28.6 Å². The van der Waals surface area contributed by atoms with Crippen molar-refractivity contribution in [3.8, 4) is 17.1 Å². The molecular formula is C69H74N4O4S2. The molecule has 0 saturated carbocycles. The van der Waals surface area contributed by atoms with E-state index < -0.39 is 15.1 Å². The molecule has 0 N–H and O–H groups in total. The van der Waals surface area contributed by atoms with Gasteiger partial charge in [0.2, 0.25) is 0 Å². The maximum Gasteiger partial charge on any atom is 0.410 e. The van der Waals surface area contributed by atoms with Crippen LogP contribution in [0.3, 0.4) is 0 Å². The van der Waals surface area contributed by atoms with Gasteiger partial charge in [-0.1, -0.05) is 182 Å². The van der Waals surface area contributed by atoms with E-state index in [0.29, 0.717) is 32.0 Å². The monoisotopic (exact) mass is 1090 g/mol. The lowest BCUT2D eigenvalue weighted by Crippen LogP contribution is -2.43. The molecule has 79 heavy (non-hydrogen) atoms. The van der Waals surface area contributed by atoms with E-state index in [4.69, 9.17) is 13.9 Å². The molecule has 0 spiro atoms. The minimum absolute atomic E-state index is 0.291. The van der Waals surface area contributed by atoms with E-state index in [1.165, 1.54) is 33.4 Å². The van der Waals surface area contributed by atoms with Crippen LogP contribution >= 0.6 is 23.5 Å². The van der Waals surface area contributed by atoms with E-state index in [9.17, 15) is 4.79 Å². The third-order valence-electron chi connectivity index (χ3n) is 14.2. The maximum absolute atomic E-state index is 14.4. The first-order valence-electron chi connectivity index (χ1n) is 27.6. The number of unbranched alkanes of at least 4 members (excludes halogenated alkanes) is 2. The van der Waals surface area contributed by atoms with Crippen molar-refractivity contribution in [2.24, 2.45) is 0 Å². The van der Waals surface area contributed by atoms with Crippen molar-refractivity contribution < 1.29 is 18.7 Å². The van der Waals surface area contributed by atoms with Crippen LogP contribution in [-0.2, 0) is 14.2 Å². The largest absolute Gasteiger partial charge is 0.494 e. The molecule has 0 fully saturated rings. The molecule has 9 aromatic rings. The smallest absolute Gasteiger partial charge is 0.410 e. The first-order chi connectivity index (χ1) is 38.5. The number of thioether (sulfide) groups is 2. The van der Waals surface area contributed by atoms with Gasteiger partial charge in [0.1, 0.15) is 28.5 Å². The average molecular weight is 1090 g/mol. The second kappa shape index (κ2) is 27.1. The highest BCUT2D eigenvalue weighted by Crippen LogP contribution is 2.50. The molecule has 2 heterocycles. The molecule has 0 aliphatic heterocycles. The van der Waals surface area contributed by atoms with Gasteiger partial charge in [0.15, 0.2) is 0 Å². The molecule has 0 bridgehead atoms. The van der Waals surface area contributed by atoms with Crippen LogP contribution < -0.4 is 9.64 Å². The zero-order chi connectivity index (χ0) is 54.9. The van der Waals surface area contributed by atoms with Gasteiger partial charge in [-0.05, 0) is 116 Å². The standard InChI is InChI=1S/C69H74N4O4S2/c1-67(2,3)77-66(74)73(47-50-79-69(59-33-19-9-20-34-59,60-35-21-10-22-36-60)61-37-23-11-24-38-61)45-44-72(46-49-78-68(56-27-13-6-14-28-56,57-29-15-7-16-30-57)58-31-17-8-18-32-58)43-25-12-26-48-75-62-40-41-63-55(51-62)52-64(76-63)54-39-42-65(70-53-54)71(4)5/h6-11,13-24,27-42,51-53H,12,25-26,43-50H2,1-5H3. The molecular weight excluding hydrogens is 1010 g/mol. The summed E-state index contributed by atoms with van der Waals surface area (Å²) in [5.41, 5.74) is 8.42. The lowest BCUT2D eigenvalue weighted by atomic mass is 9.84. The topological polar surface area (TPSA) is 71.3 Å². The molecule has 0 aliphatic carbocycles. The number of carbonyl (C=O) groups is 1. The molecule has 0 saturated heterocycles. The number of ether oxygens (including phenoxy) is 2. The summed E-state index contributed by atoms with van der Waals surface area (Å²) < 4.78 is 17.8. The quantitative estimate of drug-likeness (QED) is 0.0389. The number of anilines is 1. The second-order valence-electron chi connectivity index (χ2n) is 21.1. The van der Waals surface area contributed by atoms with Crippen molar-refractivity contribution in [3.63, 3.8) is 0 Å². The summed E-state index contributed by atoms with van der Waals surface area (Å²) in [6, 6.07) is 77.2. The zero-order valence-corrected chi connectivity index (χ0v) is 48.0. The molecule has 8 nitrogen and oxygen atoms in total. The van der Waals surface area contributed by atoms with Gasteiger partial charge in [0.25, 0.3) is 0 Å². The summed E-state index contributed by atoms with van der Waals surface area (Å²) in [4.78, 5) is 25.5. The number of furan rings is 1. The fourth-order valence-electron chi connectivity index (χ4n) is 10.2. The highest BCUT2D eigenvalue weighted by atomic mass is 32.2. The van der Waals surface area contributed by atoms with Crippen molar-refractivity contribution in [3.05, 3.63) is 258 Å². The number of aromatic nitrogens is 1. The molecule has 2 aromatic heterocycles. The third kappa shape index (κ3) is 14.3. The molecule has 0 aliphatic rings. The lowest BCUT2D eigenvalue weighted by molar-refractivity contribution is 0.0245. The first kappa shape index (κ1) is 56.5. The summed E-state index contributed by atoms with van der Waals surface area (Å²) in [5.74, 6) is 4.04. The van der Waals surface area contributed by atoms with Crippen molar-refractivity contribution in [1.82, 2.24) is 14.8 Å².